The third kappa shape index (κ3) is 3.28. The van der Waals surface area contributed by atoms with Gasteiger partial charge in [0.05, 0.1) is 16.7 Å². The minimum atomic E-state index is -0.0519. The van der Waals surface area contributed by atoms with Crippen LogP contribution in [0.15, 0.2) is 24.4 Å². The van der Waals surface area contributed by atoms with Crippen molar-refractivity contribution < 1.29 is 4.79 Å². The zero-order valence-electron chi connectivity index (χ0n) is 19.8. The number of likely N-dealkylation sites (N-methyl/N-ethyl adjacent to an activating group) is 1. The van der Waals surface area contributed by atoms with Gasteiger partial charge in [0, 0.05) is 37.1 Å². The number of carbonyl (C=O) groups excluding carboxylic acids is 1. The normalized spacial score (nSPS) is 23.8. The quantitative estimate of drug-likeness (QED) is 0.586. The Morgan fingerprint density at radius 3 is 2.85 bits per heavy atom. The largest absolute Gasteiger partial charge is 0.368 e. The standard InChI is InChI=1S/C26H32N6O/c1-15-10-19-20(12-22(15)31(4)25(33)16(2)32-8-6-5-7-9-32)28-24(27-19)23-18-11-17-13-26(17,3)14-21(18)29-30-23/h10,12,17H,2,5-9,11,13-14H2,1,3-4H3,(H,27,28)(H,29,30)/t17-,26-/m1/s1. The second kappa shape index (κ2) is 7.20. The average Bonchev–Trinajstić information content (AvgIpc) is 3.10. The van der Waals surface area contributed by atoms with Crippen LogP contribution in [0.3, 0.4) is 0 Å². The minimum Gasteiger partial charge on any atom is -0.368 e. The van der Waals surface area contributed by atoms with Crippen LogP contribution in [0, 0.1) is 18.3 Å². The van der Waals surface area contributed by atoms with Gasteiger partial charge in [0.15, 0.2) is 5.82 Å². The van der Waals surface area contributed by atoms with E-state index >= 15 is 0 Å². The molecule has 0 unspecified atom stereocenters. The molecule has 33 heavy (non-hydrogen) atoms. The molecule has 3 heterocycles. The van der Waals surface area contributed by atoms with Crippen LogP contribution in [-0.2, 0) is 17.6 Å². The summed E-state index contributed by atoms with van der Waals surface area (Å²) < 4.78 is 0. The number of H-pyrrole nitrogens is 2. The summed E-state index contributed by atoms with van der Waals surface area (Å²) in [4.78, 5) is 25.4. The van der Waals surface area contributed by atoms with Crippen LogP contribution >= 0.6 is 0 Å². The Hall–Kier alpha value is -3.09. The van der Waals surface area contributed by atoms with Crippen molar-refractivity contribution >= 4 is 22.6 Å². The number of amides is 1. The zero-order chi connectivity index (χ0) is 22.9. The molecule has 7 heteroatoms. The van der Waals surface area contributed by atoms with E-state index in [0.29, 0.717) is 11.1 Å². The van der Waals surface area contributed by atoms with Gasteiger partial charge in [-0.2, -0.15) is 5.10 Å². The van der Waals surface area contributed by atoms with Gasteiger partial charge < -0.3 is 14.8 Å². The SMILES string of the molecule is C=C(C(=O)N(C)c1cc2nc(-c3n[nH]c4c3C[C@@H]3C[C@]3(C)C4)[nH]c2cc1C)N1CCCCC1. The van der Waals surface area contributed by atoms with E-state index in [9.17, 15) is 4.79 Å². The molecule has 1 aliphatic heterocycles. The summed E-state index contributed by atoms with van der Waals surface area (Å²) in [5.74, 6) is 1.52. The van der Waals surface area contributed by atoms with Crippen molar-refractivity contribution in [1.82, 2.24) is 25.1 Å². The molecular weight excluding hydrogens is 412 g/mol. The van der Waals surface area contributed by atoms with Gasteiger partial charge in [-0.25, -0.2) is 4.98 Å². The van der Waals surface area contributed by atoms with Gasteiger partial charge in [-0.1, -0.05) is 13.5 Å². The predicted octanol–water partition coefficient (Wildman–Crippen LogP) is 4.35. The number of likely N-dealkylation sites (tertiary alicyclic amines) is 1. The number of anilines is 1. The number of aryl methyl sites for hydroxylation is 1. The van der Waals surface area contributed by atoms with Crippen molar-refractivity contribution in [2.75, 3.05) is 25.0 Å². The second-order valence-electron chi connectivity index (χ2n) is 10.6. The van der Waals surface area contributed by atoms with Gasteiger partial charge in [0.2, 0.25) is 0 Å². The van der Waals surface area contributed by atoms with E-state index in [-0.39, 0.29) is 5.91 Å². The Balaban J connectivity index is 1.30. The number of aromatic nitrogens is 4. The number of hydrogen-bond donors (Lipinski definition) is 2. The third-order valence-corrected chi connectivity index (χ3v) is 8.20. The molecule has 0 radical (unpaired) electrons. The average molecular weight is 445 g/mol. The molecule has 0 bridgehead atoms. The summed E-state index contributed by atoms with van der Waals surface area (Å²) in [6.45, 7) is 10.3. The number of aromatic amines is 2. The Kier molecular flexibility index (Phi) is 4.48. The van der Waals surface area contributed by atoms with E-state index in [1.54, 1.807) is 4.90 Å². The van der Waals surface area contributed by atoms with Gasteiger partial charge in [-0.15, -0.1) is 0 Å². The maximum Gasteiger partial charge on any atom is 0.273 e. The molecule has 172 valence electrons. The van der Waals surface area contributed by atoms with Crippen molar-refractivity contribution in [3.05, 3.63) is 41.2 Å². The maximum absolute atomic E-state index is 13.2. The molecule has 2 aromatic heterocycles. The summed E-state index contributed by atoms with van der Waals surface area (Å²) in [7, 11) is 1.83. The Bertz CT molecular complexity index is 1280. The monoisotopic (exact) mass is 444 g/mol. The first-order valence-electron chi connectivity index (χ1n) is 12.1. The maximum atomic E-state index is 13.2. The number of nitrogens with zero attached hydrogens (tertiary/aromatic N) is 4. The van der Waals surface area contributed by atoms with E-state index in [1.165, 1.54) is 24.1 Å². The highest BCUT2D eigenvalue weighted by molar-refractivity contribution is 6.05. The van der Waals surface area contributed by atoms with Crippen molar-refractivity contribution in [3.63, 3.8) is 0 Å². The van der Waals surface area contributed by atoms with Gasteiger partial charge >= 0.3 is 0 Å². The fourth-order valence-electron chi connectivity index (χ4n) is 5.88. The molecule has 2 atom stereocenters. The zero-order valence-corrected chi connectivity index (χ0v) is 19.8. The molecular formula is C26H32N6O. The van der Waals surface area contributed by atoms with Gasteiger partial charge in [0.1, 0.15) is 5.69 Å². The molecule has 1 aromatic carbocycles. The van der Waals surface area contributed by atoms with Crippen LogP contribution < -0.4 is 4.90 Å². The Morgan fingerprint density at radius 2 is 2.06 bits per heavy atom. The lowest BCUT2D eigenvalue weighted by atomic mass is 9.88. The number of fused-ring (bicyclic) bond motifs is 3. The third-order valence-electron chi connectivity index (χ3n) is 8.20. The van der Waals surface area contributed by atoms with E-state index in [0.717, 1.165) is 78.5 Å². The number of hydrogen-bond acceptors (Lipinski definition) is 4. The fourth-order valence-corrected chi connectivity index (χ4v) is 5.88. The summed E-state index contributed by atoms with van der Waals surface area (Å²) in [6.07, 6.45) is 6.93. The lowest BCUT2D eigenvalue weighted by molar-refractivity contribution is -0.116. The van der Waals surface area contributed by atoms with Crippen molar-refractivity contribution in [1.29, 1.82) is 0 Å². The highest BCUT2D eigenvalue weighted by Gasteiger charge is 2.53. The highest BCUT2D eigenvalue weighted by Crippen LogP contribution is 2.59. The van der Waals surface area contributed by atoms with E-state index in [1.807, 2.05) is 20.0 Å². The van der Waals surface area contributed by atoms with Crippen LogP contribution in [-0.4, -0.2) is 51.1 Å². The van der Waals surface area contributed by atoms with Crippen molar-refractivity contribution in [2.24, 2.45) is 11.3 Å². The molecule has 3 aromatic rings. The molecule has 3 aliphatic rings. The van der Waals surface area contributed by atoms with Crippen LogP contribution in [0.1, 0.15) is 49.4 Å². The number of nitrogens with one attached hydrogen (secondary N) is 2. The van der Waals surface area contributed by atoms with Crippen molar-refractivity contribution in [2.45, 2.75) is 52.4 Å². The number of imidazole rings is 1. The summed E-state index contributed by atoms with van der Waals surface area (Å²) in [5, 5.41) is 7.91. The molecule has 2 fully saturated rings. The summed E-state index contributed by atoms with van der Waals surface area (Å²) in [5.41, 5.74) is 8.26. The van der Waals surface area contributed by atoms with E-state index in [4.69, 9.17) is 4.98 Å². The molecule has 2 N–H and O–H groups in total. The van der Waals surface area contributed by atoms with Crippen molar-refractivity contribution in [3.8, 4) is 11.5 Å². The van der Waals surface area contributed by atoms with Gasteiger partial charge in [-0.05, 0) is 74.5 Å². The van der Waals surface area contributed by atoms with Crippen LogP contribution in [0.4, 0.5) is 5.69 Å². The van der Waals surface area contributed by atoms with Crippen LogP contribution in [0.25, 0.3) is 22.6 Å². The topological polar surface area (TPSA) is 80.9 Å². The van der Waals surface area contributed by atoms with E-state index < -0.39 is 0 Å². The smallest absolute Gasteiger partial charge is 0.273 e. The lowest BCUT2D eigenvalue weighted by Crippen LogP contribution is -2.38. The summed E-state index contributed by atoms with van der Waals surface area (Å²) in [6, 6.07) is 4.08. The number of rotatable bonds is 4. The Labute approximate surface area is 194 Å². The molecule has 0 spiro atoms. The molecule has 1 saturated carbocycles. The number of benzene rings is 1. The summed E-state index contributed by atoms with van der Waals surface area (Å²) >= 11 is 0. The van der Waals surface area contributed by atoms with Crippen LogP contribution in [0.5, 0.6) is 0 Å². The van der Waals surface area contributed by atoms with E-state index in [2.05, 4.69) is 39.7 Å². The van der Waals surface area contributed by atoms with Gasteiger partial charge in [0.25, 0.3) is 5.91 Å². The first-order chi connectivity index (χ1) is 15.8. The molecule has 6 rings (SSSR count). The van der Waals surface area contributed by atoms with Crippen LogP contribution in [0.2, 0.25) is 0 Å². The molecule has 1 amide bonds. The first kappa shape index (κ1) is 20.5. The lowest BCUT2D eigenvalue weighted by Gasteiger charge is -2.32. The molecule has 2 aliphatic carbocycles. The predicted molar refractivity (Wildman–Crippen MR) is 130 cm³/mol. The first-order valence-corrected chi connectivity index (χ1v) is 12.1. The number of piperidine rings is 1. The number of carbonyl (C=O) groups is 1. The highest BCUT2D eigenvalue weighted by atomic mass is 16.2. The molecule has 1 saturated heterocycles. The second-order valence-corrected chi connectivity index (χ2v) is 10.6. The Morgan fingerprint density at radius 1 is 1.27 bits per heavy atom. The fraction of sp³-hybridized carbons (Fsp3) is 0.500. The van der Waals surface area contributed by atoms with Gasteiger partial charge in [-0.3, -0.25) is 9.89 Å². The minimum absolute atomic E-state index is 0.0519. The molecule has 7 nitrogen and oxygen atoms in total.